The summed E-state index contributed by atoms with van der Waals surface area (Å²) in [6, 6.07) is 3.67. The van der Waals surface area contributed by atoms with Crippen molar-refractivity contribution in [3.8, 4) is 5.69 Å². The van der Waals surface area contributed by atoms with E-state index in [1.54, 1.807) is 34.5 Å². The zero-order chi connectivity index (χ0) is 14.7. The van der Waals surface area contributed by atoms with Gasteiger partial charge in [0.2, 0.25) is 0 Å². The minimum atomic E-state index is -0.200. The Morgan fingerprint density at radius 2 is 2.33 bits per heavy atom. The highest BCUT2D eigenvalue weighted by molar-refractivity contribution is 9.10. The van der Waals surface area contributed by atoms with E-state index < -0.39 is 0 Å². The van der Waals surface area contributed by atoms with Crippen molar-refractivity contribution in [2.75, 3.05) is 0 Å². The molecule has 0 radical (unpaired) electrons. The highest BCUT2D eigenvalue weighted by Crippen LogP contribution is 2.11. The number of thiophene rings is 1. The monoisotopic (exact) mass is 363 g/mol. The van der Waals surface area contributed by atoms with Crippen LogP contribution in [0.4, 0.5) is 0 Å². The molecule has 3 rings (SSSR count). The molecule has 21 heavy (non-hydrogen) atoms. The molecule has 0 saturated heterocycles. The van der Waals surface area contributed by atoms with Crippen LogP contribution in [0, 0.1) is 0 Å². The molecule has 0 aliphatic heterocycles. The predicted octanol–water partition coefficient (Wildman–Crippen LogP) is 2.42. The third-order valence-corrected chi connectivity index (χ3v) is 3.81. The molecule has 1 amide bonds. The molecule has 0 bridgehead atoms. The van der Waals surface area contributed by atoms with E-state index >= 15 is 0 Å². The normalized spacial score (nSPS) is 10.5. The highest BCUT2D eigenvalue weighted by atomic mass is 79.9. The Labute approximate surface area is 133 Å². The number of pyridine rings is 1. The van der Waals surface area contributed by atoms with Crippen LogP contribution >= 0.6 is 27.3 Å². The minimum Gasteiger partial charge on any atom is -0.346 e. The average Bonchev–Trinajstić information content (AvgIpc) is 3.15. The van der Waals surface area contributed by atoms with E-state index in [4.69, 9.17) is 0 Å². The Bertz CT molecular complexity index is 756. The summed E-state index contributed by atoms with van der Waals surface area (Å²) in [5.41, 5.74) is 2.15. The Kier molecular flexibility index (Phi) is 4.07. The van der Waals surface area contributed by atoms with Crippen molar-refractivity contribution >= 4 is 33.2 Å². The third kappa shape index (κ3) is 3.34. The van der Waals surface area contributed by atoms with Gasteiger partial charge in [0.25, 0.3) is 5.91 Å². The van der Waals surface area contributed by atoms with E-state index in [9.17, 15) is 4.79 Å². The number of nitrogens with one attached hydrogen (secondary N) is 1. The van der Waals surface area contributed by atoms with Gasteiger partial charge in [0.05, 0.1) is 24.0 Å². The van der Waals surface area contributed by atoms with Gasteiger partial charge in [-0.1, -0.05) is 5.21 Å². The molecular weight excluding hydrogens is 354 g/mol. The molecule has 0 aromatic carbocycles. The molecule has 106 valence electrons. The molecule has 0 aliphatic carbocycles. The maximum atomic E-state index is 12.0. The van der Waals surface area contributed by atoms with Crippen molar-refractivity contribution < 1.29 is 4.79 Å². The van der Waals surface area contributed by atoms with Crippen molar-refractivity contribution in [2.24, 2.45) is 0 Å². The number of carbonyl (C=O) groups is 1. The van der Waals surface area contributed by atoms with Crippen LogP contribution in [-0.4, -0.2) is 25.9 Å². The number of aromatic nitrogens is 4. The van der Waals surface area contributed by atoms with E-state index in [2.05, 4.69) is 36.5 Å². The molecule has 6 nitrogen and oxygen atoms in total. The fraction of sp³-hybridized carbons (Fsp3) is 0.0769. The summed E-state index contributed by atoms with van der Waals surface area (Å²) < 4.78 is 2.44. The number of nitrogens with zero attached hydrogens (tertiary/aromatic N) is 4. The van der Waals surface area contributed by atoms with Gasteiger partial charge < -0.3 is 5.32 Å². The van der Waals surface area contributed by atoms with Crippen molar-refractivity contribution in [1.29, 1.82) is 0 Å². The first kappa shape index (κ1) is 13.9. The van der Waals surface area contributed by atoms with Crippen LogP contribution in [0.3, 0.4) is 0 Å². The van der Waals surface area contributed by atoms with Crippen LogP contribution in [0.15, 0.2) is 46.0 Å². The number of amides is 1. The Hall–Kier alpha value is -2.06. The van der Waals surface area contributed by atoms with Crippen LogP contribution in [-0.2, 0) is 6.54 Å². The number of carbonyl (C=O) groups excluding carboxylic acids is 1. The maximum absolute atomic E-state index is 12.0. The van der Waals surface area contributed by atoms with Gasteiger partial charge in [-0.05, 0) is 33.4 Å². The number of rotatable bonds is 4. The number of hydrogen-bond acceptors (Lipinski definition) is 5. The molecule has 8 heteroatoms. The van der Waals surface area contributed by atoms with Gasteiger partial charge in [-0.25, -0.2) is 4.68 Å². The lowest BCUT2D eigenvalue weighted by Gasteiger charge is -2.02. The smallest absolute Gasteiger partial charge is 0.253 e. The van der Waals surface area contributed by atoms with Gasteiger partial charge in [-0.15, -0.1) is 5.10 Å². The second kappa shape index (κ2) is 6.15. The first-order valence-electron chi connectivity index (χ1n) is 6.05. The summed E-state index contributed by atoms with van der Waals surface area (Å²) in [5, 5.41) is 14.8. The van der Waals surface area contributed by atoms with Crippen LogP contribution < -0.4 is 5.32 Å². The van der Waals surface area contributed by atoms with Gasteiger partial charge in [0.1, 0.15) is 5.69 Å². The summed E-state index contributed by atoms with van der Waals surface area (Å²) in [7, 11) is 0. The van der Waals surface area contributed by atoms with Crippen LogP contribution in [0.25, 0.3) is 5.69 Å². The second-order valence-electron chi connectivity index (χ2n) is 4.21. The molecule has 3 aromatic heterocycles. The van der Waals surface area contributed by atoms with Crippen molar-refractivity contribution in [2.45, 2.75) is 6.54 Å². The molecular formula is C13H10BrN5OS. The van der Waals surface area contributed by atoms with E-state index in [1.165, 1.54) is 6.20 Å². The number of halogens is 1. The molecule has 0 aliphatic rings. The highest BCUT2D eigenvalue weighted by Gasteiger charge is 2.08. The lowest BCUT2D eigenvalue weighted by atomic mass is 10.2. The lowest BCUT2D eigenvalue weighted by molar-refractivity contribution is 0.0950. The van der Waals surface area contributed by atoms with Gasteiger partial charge in [-0.3, -0.25) is 9.78 Å². The SMILES string of the molecule is O=C(NCc1cn(-c2ccsc2)nn1)c1cncc(Br)c1. The fourth-order valence-electron chi connectivity index (χ4n) is 1.70. The molecule has 0 atom stereocenters. The third-order valence-electron chi connectivity index (χ3n) is 2.71. The predicted molar refractivity (Wildman–Crippen MR) is 82.3 cm³/mol. The molecule has 0 saturated carbocycles. The average molecular weight is 364 g/mol. The lowest BCUT2D eigenvalue weighted by Crippen LogP contribution is -2.23. The Balaban J connectivity index is 1.64. The van der Waals surface area contributed by atoms with E-state index in [0.29, 0.717) is 17.8 Å². The molecule has 0 spiro atoms. The van der Waals surface area contributed by atoms with Crippen LogP contribution in [0.5, 0.6) is 0 Å². The van der Waals surface area contributed by atoms with Gasteiger partial charge in [-0.2, -0.15) is 11.3 Å². The molecule has 3 heterocycles. The quantitative estimate of drug-likeness (QED) is 0.772. The largest absolute Gasteiger partial charge is 0.346 e. The minimum absolute atomic E-state index is 0.200. The standard InChI is InChI=1S/C13H10BrN5OS/c14-10-3-9(4-15-5-10)13(20)16-6-11-7-19(18-17-11)12-1-2-21-8-12/h1-5,7-8H,6H2,(H,16,20). The van der Waals surface area contributed by atoms with Gasteiger partial charge >= 0.3 is 0 Å². The molecule has 0 fully saturated rings. The summed E-state index contributed by atoms with van der Waals surface area (Å²) in [4.78, 5) is 15.9. The maximum Gasteiger partial charge on any atom is 0.253 e. The van der Waals surface area contributed by atoms with E-state index in [1.807, 2.05) is 16.8 Å². The van der Waals surface area contributed by atoms with Gasteiger partial charge in [0, 0.05) is 22.2 Å². The first-order chi connectivity index (χ1) is 10.2. The van der Waals surface area contributed by atoms with Crippen molar-refractivity contribution in [3.05, 3.63) is 57.2 Å². The van der Waals surface area contributed by atoms with Crippen molar-refractivity contribution in [1.82, 2.24) is 25.3 Å². The summed E-state index contributed by atoms with van der Waals surface area (Å²) >= 11 is 4.88. The first-order valence-corrected chi connectivity index (χ1v) is 7.78. The molecule has 1 N–H and O–H groups in total. The van der Waals surface area contributed by atoms with Crippen LogP contribution in [0.2, 0.25) is 0 Å². The summed E-state index contributed by atoms with van der Waals surface area (Å²) in [5.74, 6) is -0.200. The topological polar surface area (TPSA) is 72.7 Å². The summed E-state index contributed by atoms with van der Waals surface area (Å²) in [6.07, 6.45) is 4.94. The van der Waals surface area contributed by atoms with E-state index in [-0.39, 0.29) is 5.91 Å². The molecule has 3 aromatic rings. The van der Waals surface area contributed by atoms with E-state index in [0.717, 1.165) is 10.2 Å². The zero-order valence-electron chi connectivity index (χ0n) is 10.7. The second-order valence-corrected chi connectivity index (χ2v) is 5.91. The zero-order valence-corrected chi connectivity index (χ0v) is 13.1. The fourth-order valence-corrected chi connectivity index (χ4v) is 2.69. The summed E-state index contributed by atoms with van der Waals surface area (Å²) in [6.45, 7) is 0.315. The Morgan fingerprint density at radius 1 is 1.43 bits per heavy atom. The number of hydrogen-bond donors (Lipinski definition) is 1. The van der Waals surface area contributed by atoms with Gasteiger partial charge in [0.15, 0.2) is 0 Å². The Morgan fingerprint density at radius 3 is 3.10 bits per heavy atom. The van der Waals surface area contributed by atoms with Crippen molar-refractivity contribution in [3.63, 3.8) is 0 Å². The van der Waals surface area contributed by atoms with Crippen LogP contribution in [0.1, 0.15) is 16.1 Å². The molecule has 0 unspecified atom stereocenters.